The van der Waals surface area contributed by atoms with Crippen LogP contribution in [0, 0.1) is 13.8 Å². The number of thiocarbonyl (C=S) groups is 1. The van der Waals surface area contributed by atoms with Crippen LogP contribution in [0.5, 0.6) is 11.5 Å². The number of anilines is 1. The van der Waals surface area contributed by atoms with E-state index in [0.717, 1.165) is 45.5 Å². The highest BCUT2D eigenvalue weighted by Crippen LogP contribution is 2.43. The molecule has 1 aliphatic heterocycles. The Balaban J connectivity index is 1.36. The molecule has 3 aromatic carbocycles. The second kappa shape index (κ2) is 10.6. The third kappa shape index (κ3) is 5.01. The smallest absolute Gasteiger partial charge is 0.174 e. The highest BCUT2D eigenvalue weighted by atomic mass is 35.5. The fraction of sp³-hybridized carbons (Fsp3) is 0.125. The molecule has 1 N–H and O–H groups in total. The van der Waals surface area contributed by atoms with Crippen LogP contribution in [0.4, 0.5) is 5.69 Å². The first-order chi connectivity index (χ1) is 19.0. The number of aryl methyl sites for hydroxylation is 1. The molecule has 39 heavy (non-hydrogen) atoms. The van der Waals surface area contributed by atoms with E-state index < -0.39 is 0 Å². The molecule has 0 bridgehead atoms. The van der Waals surface area contributed by atoms with Crippen molar-refractivity contribution in [2.75, 3.05) is 4.90 Å². The zero-order chi connectivity index (χ0) is 26.9. The minimum absolute atomic E-state index is 0.207. The molecule has 0 saturated carbocycles. The van der Waals surface area contributed by atoms with E-state index in [1.165, 1.54) is 5.56 Å². The molecule has 0 unspecified atom stereocenters. The normalized spacial score (nSPS) is 16.8. The zero-order valence-corrected chi connectivity index (χ0v) is 23.0. The van der Waals surface area contributed by atoms with Gasteiger partial charge >= 0.3 is 0 Å². The number of furan rings is 1. The average molecular weight is 552 g/mol. The van der Waals surface area contributed by atoms with Crippen molar-refractivity contribution in [3.05, 3.63) is 131 Å². The summed E-state index contributed by atoms with van der Waals surface area (Å²) in [5.74, 6) is 3.06. The van der Waals surface area contributed by atoms with Gasteiger partial charge in [0.1, 0.15) is 29.1 Å². The Morgan fingerprint density at radius 3 is 2.33 bits per heavy atom. The number of nitrogens with zero attached hydrogens (tertiary/aromatic N) is 2. The molecule has 0 aliphatic carbocycles. The van der Waals surface area contributed by atoms with Gasteiger partial charge in [0.05, 0.1) is 11.7 Å². The molecule has 1 fully saturated rings. The first kappa shape index (κ1) is 25.2. The maximum Gasteiger partial charge on any atom is 0.174 e. The van der Waals surface area contributed by atoms with Crippen LogP contribution in [0.15, 0.2) is 108 Å². The Labute approximate surface area is 238 Å². The van der Waals surface area contributed by atoms with Gasteiger partial charge in [-0.05, 0) is 98.4 Å². The molecule has 5 aromatic rings. The van der Waals surface area contributed by atoms with E-state index in [2.05, 4.69) is 22.1 Å². The summed E-state index contributed by atoms with van der Waals surface area (Å²) in [5, 5.41) is 4.78. The second-order valence-electron chi connectivity index (χ2n) is 9.52. The van der Waals surface area contributed by atoms with E-state index in [0.29, 0.717) is 10.1 Å². The Hall–Kier alpha value is -4.13. The molecule has 7 heteroatoms. The number of halogens is 1. The first-order valence-electron chi connectivity index (χ1n) is 12.7. The summed E-state index contributed by atoms with van der Waals surface area (Å²) in [6.45, 7) is 4.05. The van der Waals surface area contributed by atoms with Gasteiger partial charge in [0.15, 0.2) is 5.11 Å². The van der Waals surface area contributed by atoms with Crippen LogP contribution in [0.1, 0.15) is 34.7 Å². The van der Waals surface area contributed by atoms with Crippen LogP contribution < -0.4 is 15.0 Å². The maximum atomic E-state index is 6.50. The van der Waals surface area contributed by atoms with Gasteiger partial charge in [-0.25, -0.2) is 0 Å². The highest BCUT2D eigenvalue weighted by Gasteiger charge is 2.42. The number of pyridine rings is 1. The minimum Gasteiger partial charge on any atom is -0.459 e. The van der Waals surface area contributed by atoms with Gasteiger partial charge in [-0.2, -0.15) is 0 Å². The van der Waals surface area contributed by atoms with Crippen LogP contribution in [-0.4, -0.2) is 10.1 Å². The molecule has 0 amide bonds. The van der Waals surface area contributed by atoms with Crippen LogP contribution in [0.3, 0.4) is 0 Å². The molecule has 6 rings (SSSR count). The molecule has 2 atom stereocenters. The number of aromatic nitrogens is 1. The van der Waals surface area contributed by atoms with Gasteiger partial charge in [0.2, 0.25) is 0 Å². The monoisotopic (exact) mass is 551 g/mol. The summed E-state index contributed by atoms with van der Waals surface area (Å²) >= 11 is 12.3. The van der Waals surface area contributed by atoms with E-state index in [4.69, 9.17) is 33.0 Å². The fourth-order valence-electron chi connectivity index (χ4n) is 4.87. The third-order valence-electron chi connectivity index (χ3n) is 6.92. The molecular formula is C32H26ClN3O2S. The second-order valence-corrected chi connectivity index (χ2v) is 10.3. The average Bonchev–Trinajstić information content (AvgIpc) is 3.57. The molecule has 194 valence electrons. The fourth-order valence-corrected chi connectivity index (χ4v) is 5.39. The summed E-state index contributed by atoms with van der Waals surface area (Å²) < 4.78 is 12.5. The minimum atomic E-state index is -0.260. The molecule has 3 heterocycles. The number of nitrogens with one attached hydrogen (secondary N) is 1. The van der Waals surface area contributed by atoms with Gasteiger partial charge < -0.3 is 19.4 Å². The van der Waals surface area contributed by atoms with E-state index in [9.17, 15) is 0 Å². The maximum absolute atomic E-state index is 6.50. The number of hydrogen-bond donors (Lipinski definition) is 1. The van der Waals surface area contributed by atoms with Crippen molar-refractivity contribution in [3.63, 3.8) is 0 Å². The van der Waals surface area contributed by atoms with Gasteiger partial charge in [-0.15, -0.1) is 0 Å². The van der Waals surface area contributed by atoms with Gasteiger partial charge in [-0.3, -0.25) is 4.98 Å². The number of rotatable bonds is 6. The lowest BCUT2D eigenvalue weighted by Gasteiger charge is -2.26. The molecular weight excluding hydrogens is 526 g/mol. The summed E-state index contributed by atoms with van der Waals surface area (Å²) in [6.07, 6.45) is 1.79. The van der Waals surface area contributed by atoms with Crippen LogP contribution in [0.25, 0.3) is 11.3 Å². The molecule has 0 radical (unpaired) electrons. The molecule has 2 aromatic heterocycles. The Bertz CT molecular complexity index is 1620. The molecule has 1 aliphatic rings. The lowest BCUT2D eigenvalue weighted by molar-refractivity contribution is 0.439. The lowest BCUT2D eigenvalue weighted by atomic mass is 10.0. The quantitative estimate of drug-likeness (QED) is 0.213. The summed E-state index contributed by atoms with van der Waals surface area (Å²) in [4.78, 5) is 6.71. The van der Waals surface area contributed by atoms with Crippen molar-refractivity contribution >= 4 is 34.6 Å². The van der Waals surface area contributed by atoms with E-state index in [1.807, 2.05) is 104 Å². The molecule has 0 spiro atoms. The molecule has 1 saturated heterocycles. The van der Waals surface area contributed by atoms with Crippen molar-refractivity contribution in [2.45, 2.75) is 25.9 Å². The molecule has 5 nitrogen and oxygen atoms in total. The van der Waals surface area contributed by atoms with E-state index >= 15 is 0 Å². The Morgan fingerprint density at radius 2 is 1.62 bits per heavy atom. The summed E-state index contributed by atoms with van der Waals surface area (Å²) in [5.41, 5.74) is 4.92. The standard InChI is InChI=1S/C32H26ClN3O2S/c1-20-9-13-23(14-10-20)37-24-15-11-22(12-16-24)36-31(30(35-32(36)39)27-8-3-4-19-34-27)29-18-17-28(38-29)25-6-5-7-26(33)21(25)2/h3-19,30-31H,1-2H3,(H,35,39)/t30-,31+/m1/s1. The zero-order valence-electron chi connectivity index (χ0n) is 21.5. The predicted octanol–water partition coefficient (Wildman–Crippen LogP) is 8.58. The Morgan fingerprint density at radius 1 is 0.872 bits per heavy atom. The van der Waals surface area contributed by atoms with Crippen molar-refractivity contribution in [1.29, 1.82) is 0 Å². The highest BCUT2D eigenvalue weighted by molar-refractivity contribution is 7.80. The van der Waals surface area contributed by atoms with Gasteiger partial charge in [-0.1, -0.05) is 47.5 Å². The third-order valence-corrected chi connectivity index (χ3v) is 7.65. The lowest BCUT2D eigenvalue weighted by Crippen LogP contribution is -2.29. The largest absolute Gasteiger partial charge is 0.459 e. The van der Waals surface area contributed by atoms with Gasteiger partial charge in [0, 0.05) is 22.5 Å². The summed E-state index contributed by atoms with van der Waals surface area (Å²) in [7, 11) is 0. The van der Waals surface area contributed by atoms with Crippen molar-refractivity contribution in [1.82, 2.24) is 10.3 Å². The van der Waals surface area contributed by atoms with Crippen LogP contribution in [0.2, 0.25) is 5.02 Å². The first-order valence-corrected chi connectivity index (χ1v) is 13.5. The van der Waals surface area contributed by atoms with Crippen LogP contribution in [-0.2, 0) is 0 Å². The number of hydrogen-bond acceptors (Lipinski definition) is 4. The van der Waals surface area contributed by atoms with E-state index in [1.54, 1.807) is 6.20 Å². The Kier molecular flexibility index (Phi) is 6.81. The predicted molar refractivity (Wildman–Crippen MR) is 160 cm³/mol. The number of ether oxygens (including phenoxy) is 1. The van der Waals surface area contributed by atoms with Gasteiger partial charge in [0.25, 0.3) is 0 Å². The SMILES string of the molecule is Cc1ccc(Oc2ccc(N3C(=S)N[C@H](c4ccccn4)[C@@H]3c3ccc(-c4cccc(Cl)c4C)o3)cc2)cc1. The van der Waals surface area contributed by atoms with E-state index in [-0.39, 0.29) is 12.1 Å². The topological polar surface area (TPSA) is 50.5 Å². The number of benzene rings is 3. The van der Waals surface area contributed by atoms with Crippen molar-refractivity contribution in [3.8, 4) is 22.8 Å². The van der Waals surface area contributed by atoms with Crippen molar-refractivity contribution < 1.29 is 9.15 Å². The van der Waals surface area contributed by atoms with Crippen LogP contribution >= 0.6 is 23.8 Å². The van der Waals surface area contributed by atoms with Crippen molar-refractivity contribution in [2.24, 2.45) is 0 Å². The summed E-state index contributed by atoms with van der Waals surface area (Å²) in [6, 6.07) is 31.2.